The van der Waals surface area contributed by atoms with Gasteiger partial charge in [-0.2, -0.15) is 13.2 Å². The minimum Gasteiger partial charge on any atom is -0.481 e. The van der Waals surface area contributed by atoms with Crippen molar-refractivity contribution in [3.05, 3.63) is 35.4 Å². The van der Waals surface area contributed by atoms with Crippen LogP contribution in [0.1, 0.15) is 95.6 Å². The van der Waals surface area contributed by atoms with Gasteiger partial charge in [-0.15, -0.1) is 0 Å². The quantitative estimate of drug-likeness (QED) is 0.412. The van der Waals surface area contributed by atoms with Crippen LogP contribution in [0.2, 0.25) is 0 Å². The Morgan fingerprint density at radius 1 is 1.03 bits per heavy atom. The summed E-state index contributed by atoms with van der Waals surface area (Å²) in [7, 11) is 0. The highest BCUT2D eigenvalue weighted by Crippen LogP contribution is 2.43. The van der Waals surface area contributed by atoms with Crippen molar-refractivity contribution in [2.45, 2.75) is 103 Å². The Labute approximate surface area is 196 Å². The normalized spacial score (nSPS) is 25.6. The highest BCUT2D eigenvalue weighted by molar-refractivity contribution is 5.67. The van der Waals surface area contributed by atoms with Gasteiger partial charge < -0.3 is 5.11 Å². The molecule has 2 saturated carbocycles. The molecule has 0 radical (unpaired) electrons. The Morgan fingerprint density at radius 3 is 2.21 bits per heavy atom. The summed E-state index contributed by atoms with van der Waals surface area (Å²) in [5, 5.41) is 9.37. The van der Waals surface area contributed by atoms with Gasteiger partial charge in [0.15, 0.2) is 0 Å². The van der Waals surface area contributed by atoms with Gasteiger partial charge in [-0.25, -0.2) is 0 Å². The fraction of sp³-hybridized carbons (Fsp3) is 0.741. The molecule has 6 heteroatoms. The summed E-state index contributed by atoms with van der Waals surface area (Å²) in [5.41, 5.74) is 0.285. The molecule has 2 fully saturated rings. The minimum absolute atomic E-state index is 0.0569. The molecule has 186 valence electrons. The molecule has 3 rings (SSSR count). The topological polar surface area (TPSA) is 40.5 Å². The Morgan fingerprint density at radius 2 is 1.67 bits per heavy atom. The number of carbonyl (C=O) groups is 1. The van der Waals surface area contributed by atoms with Crippen LogP contribution < -0.4 is 0 Å². The molecule has 1 N–H and O–H groups in total. The largest absolute Gasteiger partial charge is 0.481 e. The van der Waals surface area contributed by atoms with E-state index in [9.17, 15) is 23.1 Å². The lowest BCUT2D eigenvalue weighted by molar-refractivity contribution is -0.139. The number of rotatable bonds is 9. The molecule has 0 saturated heterocycles. The zero-order valence-electron chi connectivity index (χ0n) is 20.3. The van der Waals surface area contributed by atoms with E-state index in [4.69, 9.17) is 0 Å². The summed E-state index contributed by atoms with van der Waals surface area (Å²) < 4.78 is 39.5. The van der Waals surface area contributed by atoms with Gasteiger partial charge in [0.1, 0.15) is 0 Å². The molecule has 0 heterocycles. The van der Waals surface area contributed by atoms with E-state index in [2.05, 4.69) is 25.7 Å². The predicted molar refractivity (Wildman–Crippen MR) is 125 cm³/mol. The molecule has 0 spiro atoms. The van der Waals surface area contributed by atoms with Gasteiger partial charge in [0, 0.05) is 25.0 Å². The molecule has 0 amide bonds. The number of benzene rings is 1. The average Bonchev–Trinajstić information content (AvgIpc) is 3.24. The molecule has 0 aromatic heterocycles. The second-order valence-electron chi connectivity index (χ2n) is 10.9. The van der Waals surface area contributed by atoms with Crippen molar-refractivity contribution in [3.8, 4) is 0 Å². The van der Waals surface area contributed by atoms with E-state index in [0.717, 1.165) is 37.8 Å². The first-order valence-corrected chi connectivity index (χ1v) is 12.7. The van der Waals surface area contributed by atoms with Gasteiger partial charge in [0.25, 0.3) is 0 Å². The summed E-state index contributed by atoms with van der Waals surface area (Å²) in [6.45, 7) is 7.81. The van der Waals surface area contributed by atoms with Crippen LogP contribution in [0.3, 0.4) is 0 Å². The van der Waals surface area contributed by atoms with E-state index in [1.807, 2.05) is 0 Å². The third-order valence-electron chi connectivity index (χ3n) is 7.80. The van der Waals surface area contributed by atoms with Crippen molar-refractivity contribution in [1.82, 2.24) is 4.90 Å². The lowest BCUT2D eigenvalue weighted by Crippen LogP contribution is -2.49. The molecule has 0 unspecified atom stereocenters. The molecule has 1 aromatic carbocycles. The van der Waals surface area contributed by atoms with Gasteiger partial charge >= 0.3 is 12.1 Å². The van der Waals surface area contributed by atoms with Crippen LogP contribution in [-0.2, 0) is 11.0 Å². The Bertz CT molecular complexity index is 756. The van der Waals surface area contributed by atoms with Crippen LogP contribution in [0.5, 0.6) is 0 Å². The number of carboxylic acid groups (broad SMARTS) is 1. The van der Waals surface area contributed by atoms with Crippen LogP contribution >= 0.6 is 0 Å². The third-order valence-corrected chi connectivity index (χ3v) is 7.80. The number of halogens is 3. The molecule has 0 bridgehead atoms. The lowest BCUT2D eigenvalue weighted by atomic mass is 9.72. The number of nitrogens with zero attached hydrogens (tertiary/aromatic N) is 1. The van der Waals surface area contributed by atoms with Crippen LogP contribution in [0, 0.1) is 17.8 Å². The van der Waals surface area contributed by atoms with E-state index in [1.54, 1.807) is 12.1 Å². The molecule has 4 atom stereocenters. The monoisotopic (exact) mass is 467 g/mol. The van der Waals surface area contributed by atoms with Crippen LogP contribution in [0.15, 0.2) is 24.3 Å². The predicted octanol–water partition coefficient (Wildman–Crippen LogP) is 7.36. The summed E-state index contributed by atoms with van der Waals surface area (Å²) in [6.07, 6.45) is 4.43. The van der Waals surface area contributed by atoms with Crippen LogP contribution in [-0.4, -0.2) is 34.6 Å². The first-order chi connectivity index (χ1) is 15.5. The first-order valence-electron chi connectivity index (χ1n) is 12.7. The van der Waals surface area contributed by atoms with Gasteiger partial charge in [-0.1, -0.05) is 38.8 Å². The molecule has 3 nitrogen and oxygen atoms in total. The van der Waals surface area contributed by atoms with Crippen molar-refractivity contribution in [2.24, 2.45) is 17.8 Å². The number of alkyl halides is 3. The number of carboxylic acids is 1. The zero-order chi connectivity index (χ0) is 24.2. The maximum Gasteiger partial charge on any atom is 0.416 e. The van der Waals surface area contributed by atoms with Crippen LogP contribution in [0.25, 0.3) is 0 Å². The molecule has 33 heavy (non-hydrogen) atoms. The van der Waals surface area contributed by atoms with Crippen LogP contribution in [0.4, 0.5) is 13.2 Å². The van der Waals surface area contributed by atoms with Gasteiger partial charge in [0.05, 0.1) is 5.56 Å². The maximum atomic E-state index is 13.2. The second-order valence-corrected chi connectivity index (χ2v) is 10.9. The van der Waals surface area contributed by atoms with Crippen molar-refractivity contribution < 1.29 is 23.1 Å². The Hall–Kier alpha value is -1.56. The molecule has 0 aliphatic heterocycles. The standard InChI is InChI=1S/C27H40F3NO2/c1-18(2)14-19(3)31(17-20-6-4-5-7-20)25-13-8-21(16-26(32)33)15-24(25)22-9-11-23(12-10-22)27(28,29)30/h9-12,18-21,24-25H,4-8,13-17H2,1-3H3,(H,32,33)/t19-,21+,24-,25+/m0/s1. The second kappa shape index (κ2) is 11.2. The first kappa shape index (κ1) is 26.1. The summed E-state index contributed by atoms with van der Waals surface area (Å²) in [6, 6.07) is 6.26. The molecular formula is C27H40F3NO2. The van der Waals surface area contributed by atoms with E-state index in [0.29, 0.717) is 17.9 Å². The average molecular weight is 468 g/mol. The van der Waals surface area contributed by atoms with Gasteiger partial charge in [-0.3, -0.25) is 9.69 Å². The third kappa shape index (κ3) is 7.21. The van der Waals surface area contributed by atoms with Gasteiger partial charge in [-0.05, 0) is 86.8 Å². The zero-order valence-corrected chi connectivity index (χ0v) is 20.3. The Balaban J connectivity index is 1.90. The van der Waals surface area contributed by atoms with Gasteiger partial charge in [0.2, 0.25) is 0 Å². The van der Waals surface area contributed by atoms with Crippen molar-refractivity contribution in [3.63, 3.8) is 0 Å². The number of hydrogen-bond acceptors (Lipinski definition) is 2. The minimum atomic E-state index is -4.35. The van der Waals surface area contributed by atoms with E-state index >= 15 is 0 Å². The van der Waals surface area contributed by atoms with E-state index in [1.165, 1.54) is 37.8 Å². The highest BCUT2D eigenvalue weighted by atomic mass is 19.4. The molecule has 1 aromatic rings. The lowest BCUT2D eigenvalue weighted by Gasteiger charge is -2.46. The van der Waals surface area contributed by atoms with E-state index < -0.39 is 17.7 Å². The van der Waals surface area contributed by atoms with Crippen molar-refractivity contribution >= 4 is 5.97 Å². The number of aliphatic carboxylic acids is 1. The van der Waals surface area contributed by atoms with Crippen molar-refractivity contribution in [2.75, 3.05) is 6.54 Å². The fourth-order valence-corrected chi connectivity index (χ4v) is 6.30. The molecule has 2 aliphatic carbocycles. The number of hydrogen-bond donors (Lipinski definition) is 1. The SMILES string of the molecule is CC(C)C[C@H](C)N(CC1CCCC1)[C@@H]1CC[C@@H](CC(=O)O)C[C@H]1c1ccc(C(F)(F)F)cc1. The smallest absolute Gasteiger partial charge is 0.416 e. The van der Waals surface area contributed by atoms with Crippen molar-refractivity contribution in [1.29, 1.82) is 0 Å². The summed E-state index contributed by atoms with van der Waals surface area (Å²) >= 11 is 0. The fourth-order valence-electron chi connectivity index (χ4n) is 6.30. The Kier molecular flexibility index (Phi) is 8.88. The molecular weight excluding hydrogens is 427 g/mol. The summed E-state index contributed by atoms with van der Waals surface area (Å²) in [4.78, 5) is 14.1. The molecule has 2 aliphatic rings. The maximum absolute atomic E-state index is 13.2. The summed E-state index contributed by atoms with van der Waals surface area (Å²) in [5.74, 6) is 0.588. The highest BCUT2D eigenvalue weighted by Gasteiger charge is 2.39. The van der Waals surface area contributed by atoms with E-state index in [-0.39, 0.29) is 24.3 Å².